The van der Waals surface area contributed by atoms with Gasteiger partial charge in [0, 0.05) is 6.07 Å². The quantitative estimate of drug-likeness (QED) is 0.792. The van der Waals surface area contributed by atoms with E-state index in [1.54, 1.807) is 18.2 Å². The second kappa shape index (κ2) is 5.80. The fourth-order valence-corrected chi connectivity index (χ4v) is 1.82. The fourth-order valence-electron chi connectivity index (χ4n) is 1.61. The topological polar surface area (TPSA) is 26.3 Å². The maximum atomic E-state index is 13.0. The minimum absolute atomic E-state index is 0.0597. The first-order chi connectivity index (χ1) is 9.10. The van der Waals surface area contributed by atoms with Gasteiger partial charge in [0.05, 0.1) is 10.6 Å². The molecule has 5 heteroatoms. The minimum atomic E-state index is -0.680. The highest BCUT2D eigenvalue weighted by Crippen LogP contribution is 2.25. The van der Waals surface area contributed by atoms with Gasteiger partial charge in [-0.05, 0) is 29.8 Å². The Bertz CT molecular complexity index is 594. The summed E-state index contributed by atoms with van der Waals surface area (Å²) in [6.07, 6.45) is 0.573. The van der Waals surface area contributed by atoms with Crippen LogP contribution in [0.5, 0.6) is 5.75 Å². The molecule has 0 aliphatic rings. The number of halogens is 3. The molecule has 0 radical (unpaired) electrons. The Morgan fingerprint density at radius 3 is 2.47 bits per heavy atom. The summed E-state index contributed by atoms with van der Waals surface area (Å²) in [5.41, 5.74) is 0.537. The molecule has 2 nitrogen and oxygen atoms in total. The largest absolute Gasteiger partial charge is 0.488 e. The van der Waals surface area contributed by atoms with Gasteiger partial charge in [0.15, 0.2) is 6.29 Å². The van der Waals surface area contributed by atoms with Gasteiger partial charge in [0.25, 0.3) is 0 Å². The zero-order chi connectivity index (χ0) is 13.8. The van der Waals surface area contributed by atoms with Crippen LogP contribution in [0, 0.1) is 11.6 Å². The molecule has 0 aliphatic carbocycles. The predicted molar refractivity (Wildman–Crippen MR) is 67.5 cm³/mol. The third-order valence-electron chi connectivity index (χ3n) is 2.45. The number of benzene rings is 2. The van der Waals surface area contributed by atoms with Gasteiger partial charge in [0.1, 0.15) is 24.0 Å². The number of rotatable bonds is 4. The van der Waals surface area contributed by atoms with Gasteiger partial charge >= 0.3 is 0 Å². The lowest BCUT2D eigenvalue weighted by Crippen LogP contribution is -2.00. The third kappa shape index (κ3) is 3.29. The number of hydrogen-bond donors (Lipinski definition) is 0. The van der Waals surface area contributed by atoms with Crippen molar-refractivity contribution in [3.05, 3.63) is 64.2 Å². The molecule has 0 aliphatic heterocycles. The van der Waals surface area contributed by atoms with Crippen molar-refractivity contribution in [2.75, 3.05) is 0 Å². The highest BCUT2D eigenvalue weighted by molar-refractivity contribution is 6.33. The molecule has 0 aromatic heterocycles. The molecule has 0 atom stereocenters. The van der Waals surface area contributed by atoms with Crippen molar-refractivity contribution < 1.29 is 18.3 Å². The van der Waals surface area contributed by atoms with Gasteiger partial charge in [0.2, 0.25) is 0 Å². The molecule has 2 aromatic rings. The van der Waals surface area contributed by atoms with Crippen LogP contribution < -0.4 is 4.74 Å². The van der Waals surface area contributed by atoms with E-state index in [-0.39, 0.29) is 22.9 Å². The van der Waals surface area contributed by atoms with Crippen molar-refractivity contribution in [2.45, 2.75) is 6.61 Å². The van der Waals surface area contributed by atoms with E-state index in [9.17, 15) is 13.6 Å². The molecule has 0 heterocycles. The molecule has 0 spiro atoms. The zero-order valence-electron chi connectivity index (χ0n) is 9.70. The molecule has 0 unspecified atom stereocenters. The molecule has 0 saturated heterocycles. The van der Waals surface area contributed by atoms with Crippen molar-refractivity contribution in [1.82, 2.24) is 0 Å². The molecule has 0 fully saturated rings. The van der Waals surface area contributed by atoms with Crippen molar-refractivity contribution in [2.24, 2.45) is 0 Å². The van der Waals surface area contributed by atoms with Gasteiger partial charge in [-0.1, -0.05) is 17.7 Å². The average molecular weight is 283 g/mol. The average Bonchev–Trinajstić information content (AvgIpc) is 2.35. The monoisotopic (exact) mass is 282 g/mol. The maximum Gasteiger partial charge on any atom is 0.155 e. The number of carbonyl (C=O) groups is 1. The van der Waals surface area contributed by atoms with Gasteiger partial charge in [-0.2, -0.15) is 0 Å². The second-order valence-corrected chi connectivity index (χ2v) is 4.24. The summed E-state index contributed by atoms with van der Waals surface area (Å²) in [7, 11) is 0. The number of carbonyl (C=O) groups excluding carboxylic acids is 1. The Hall–Kier alpha value is -1.94. The van der Waals surface area contributed by atoms with Crippen LogP contribution in [0.2, 0.25) is 5.02 Å². The number of ether oxygens (including phenoxy) is 1. The highest BCUT2D eigenvalue weighted by Gasteiger charge is 2.08. The second-order valence-electron chi connectivity index (χ2n) is 3.84. The summed E-state index contributed by atoms with van der Waals surface area (Å²) in [6, 6.07) is 7.84. The van der Waals surface area contributed by atoms with Gasteiger partial charge in [-0.3, -0.25) is 4.79 Å². The van der Waals surface area contributed by atoms with E-state index in [2.05, 4.69) is 0 Å². The molecule has 19 heavy (non-hydrogen) atoms. The number of hydrogen-bond acceptors (Lipinski definition) is 2. The van der Waals surface area contributed by atoms with Crippen LogP contribution in [-0.2, 0) is 6.61 Å². The van der Waals surface area contributed by atoms with E-state index < -0.39 is 11.6 Å². The van der Waals surface area contributed by atoms with Crippen molar-refractivity contribution >= 4 is 17.9 Å². The van der Waals surface area contributed by atoms with E-state index in [0.717, 1.165) is 18.2 Å². The summed E-state index contributed by atoms with van der Waals surface area (Å²) in [6.45, 7) is -0.0597. The van der Waals surface area contributed by atoms with Crippen LogP contribution >= 0.6 is 11.6 Å². The van der Waals surface area contributed by atoms with Crippen molar-refractivity contribution in [3.8, 4) is 5.75 Å². The molecule has 0 amide bonds. The Balaban J connectivity index is 2.19. The lowest BCUT2D eigenvalue weighted by Gasteiger charge is -2.09. The predicted octanol–water partition coefficient (Wildman–Crippen LogP) is 4.01. The first kappa shape index (κ1) is 13.5. The van der Waals surface area contributed by atoms with E-state index in [0.29, 0.717) is 11.8 Å². The van der Waals surface area contributed by atoms with Crippen LogP contribution in [0.15, 0.2) is 36.4 Å². The van der Waals surface area contributed by atoms with E-state index in [1.807, 2.05) is 0 Å². The van der Waals surface area contributed by atoms with Gasteiger partial charge in [-0.15, -0.1) is 0 Å². The standard InChI is InChI=1S/C14H9ClF2O2/c15-13-2-1-3-14(12(13)7-18)19-8-9-4-10(16)6-11(17)5-9/h1-7H,8H2. The zero-order valence-corrected chi connectivity index (χ0v) is 10.5. The molecule has 0 saturated carbocycles. The van der Waals surface area contributed by atoms with Crippen LogP contribution in [-0.4, -0.2) is 6.29 Å². The molecule has 0 bridgehead atoms. The SMILES string of the molecule is O=Cc1c(Cl)cccc1OCc1cc(F)cc(F)c1. The van der Waals surface area contributed by atoms with E-state index in [1.165, 1.54) is 0 Å². The molecule has 2 aromatic carbocycles. The Morgan fingerprint density at radius 2 is 1.84 bits per heavy atom. The van der Waals surface area contributed by atoms with Crippen molar-refractivity contribution in [3.63, 3.8) is 0 Å². The summed E-state index contributed by atoms with van der Waals surface area (Å²) in [5.74, 6) is -1.09. The highest BCUT2D eigenvalue weighted by atomic mass is 35.5. The van der Waals surface area contributed by atoms with Gasteiger partial charge < -0.3 is 4.74 Å². The maximum absolute atomic E-state index is 13.0. The first-order valence-corrected chi connectivity index (χ1v) is 5.79. The molecule has 2 rings (SSSR count). The lowest BCUT2D eigenvalue weighted by molar-refractivity contribution is 0.111. The Kier molecular flexibility index (Phi) is 4.12. The summed E-state index contributed by atoms with van der Waals surface area (Å²) >= 11 is 5.83. The van der Waals surface area contributed by atoms with E-state index >= 15 is 0 Å². The van der Waals surface area contributed by atoms with Crippen molar-refractivity contribution in [1.29, 1.82) is 0 Å². The minimum Gasteiger partial charge on any atom is -0.488 e. The van der Waals surface area contributed by atoms with E-state index in [4.69, 9.17) is 16.3 Å². The van der Waals surface area contributed by atoms with Crippen LogP contribution in [0.3, 0.4) is 0 Å². The fraction of sp³-hybridized carbons (Fsp3) is 0.0714. The Morgan fingerprint density at radius 1 is 1.16 bits per heavy atom. The summed E-state index contributed by atoms with van der Waals surface area (Å²) in [4.78, 5) is 10.9. The van der Waals surface area contributed by atoms with Gasteiger partial charge in [-0.25, -0.2) is 8.78 Å². The third-order valence-corrected chi connectivity index (χ3v) is 2.78. The normalized spacial score (nSPS) is 10.3. The van der Waals surface area contributed by atoms with Crippen LogP contribution in [0.25, 0.3) is 0 Å². The summed E-state index contributed by atoms with van der Waals surface area (Å²) < 4.78 is 31.3. The smallest absolute Gasteiger partial charge is 0.155 e. The van der Waals surface area contributed by atoms with Crippen LogP contribution in [0.4, 0.5) is 8.78 Å². The Labute approximate surface area is 113 Å². The molecule has 98 valence electrons. The first-order valence-electron chi connectivity index (χ1n) is 5.41. The summed E-state index contributed by atoms with van der Waals surface area (Å²) in [5, 5.41) is 0.262. The molecular weight excluding hydrogens is 274 g/mol. The number of aldehydes is 1. The molecule has 0 N–H and O–H groups in total. The molecular formula is C14H9ClF2O2. The van der Waals surface area contributed by atoms with Crippen LogP contribution in [0.1, 0.15) is 15.9 Å². The lowest BCUT2D eigenvalue weighted by atomic mass is 10.2.